The lowest BCUT2D eigenvalue weighted by atomic mass is 9.43. The van der Waals surface area contributed by atoms with Gasteiger partial charge in [0, 0.05) is 57.5 Å². The molecule has 0 aromatic rings. The average Bonchev–Trinajstić information content (AvgIpc) is 1.48. The summed E-state index contributed by atoms with van der Waals surface area (Å²) in [6, 6.07) is 0. The van der Waals surface area contributed by atoms with E-state index in [0.717, 1.165) is 116 Å². The standard InChI is InChI=1S/C31H52O4Si.C31H50O3Si.C28H48O4Si.C25H36O3/c1-11-15-31(32)18-14-22-24-21(13-17-30(22,31)8)29(7)16-12-20(35-36(9,10)27(2,3)4)19-23(29)25-26(24)34-28(5,6)33-25;1-11-12-20-13-14-22-25-23(16-18-30(20,22)7)31(8)17-15-21(34-35(9,10)28(2,3)4)19-24(31)26-27(25)33-29(5,6)32-26;1-25(2,3)33(8,9)32-17-12-14-27(6)19-13-15-28(7)18(10-11-21(28)29)22(19)24-23(20(27)16-17)30-26(4,5)31-24;1-6-7-15-8-9-17-20-18(11-13-24(15,17)4)25(5)12-10-16(26)14-19(25)21-22(20)28-23(2,3)27-21/h20-26,32H,12-14,16-19H2,1-10H3;13,21-27H,14-19H2,1-10H3;17-20,22-24H,10-16H2,1-9H3;8,16-22,26H,9-14H2,1-5H3/t20-,21?,22?,23?,24?,25-,26-,29-,30+,31+;21-,22?,23?,24?,25?,26-,27-,30-,31-;17-,18?,19?,20?,22?,23-,24-,27-,28+;16-,17?,18?,19?,20?,21-,22-,24-,25-/m1111/s1. The van der Waals surface area contributed by atoms with Gasteiger partial charge in [-0.3, -0.25) is 4.79 Å². The summed E-state index contributed by atoms with van der Waals surface area (Å²) in [4.78, 5) is 13.0. The van der Waals surface area contributed by atoms with Gasteiger partial charge in [-0.1, -0.05) is 148 Å². The summed E-state index contributed by atoms with van der Waals surface area (Å²) in [7, 11) is -5.45. The number of Topliss-reactive ketones (excluding diaryl/α,β-unsaturated/α-hetero) is 1. The first-order valence-electron chi connectivity index (χ1n) is 54.0. The van der Waals surface area contributed by atoms with Crippen LogP contribution in [0.15, 0.2) is 23.3 Å². The molecule has 0 bridgehead atoms. The van der Waals surface area contributed by atoms with E-state index in [4.69, 9.17) is 51.2 Å². The van der Waals surface area contributed by atoms with Crippen molar-refractivity contribution in [1.29, 1.82) is 0 Å². The van der Waals surface area contributed by atoms with Crippen LogP contribution in [0.3, 0.4) is 0 Å². The number of aliphatic hydroxyl groups excluding tert-OH is 1. The SMILES string of the molecule is CC#CC1=CCC2C3C(CC[C@]12C)[C@@]1(C)CC[C@@H](O)CC1[C@H]1OC(C)(C)O[C@H]31.CC#CC1=CCC2C3C(CC[C@]12C)[C@@]1(C)CC[C@@H](O[Si](C)(C)C(C)(C)C)CC1[C@H]1OC(C)(C)O[C@H]31.CC#C[C@]1(O)CCC2C3C(CC[C@@]21C)[C@@]1(C)CC[C@@H](O[Si](C)(C)C(C)(C)C)CC1[C@H]1OC(C)(C)O[C@H]31.CC1(C)O[C@@H]2C3C(CC[C@]4(C)C(=O)CCC34)[C@@]3(C)CC[C@@H](O[Si](C)(C)C(C)(C)C)CC3[C@H]2O1. The second kappa shape index (κ2) is 33.8. The van der Waals surface area contributed by atoms with Crippen LogP contribution < -0.4 is 0 Å². The molecule has 0 amide bonds. The van der Waals surface area contributed by atoms with E-state index in [1.165, 1.54) is 62.5 Å². The Morgan fingerprint density at radius 1 is 0.341 bits per heavy atom. The lowest BCUT2D eigenvalue weighted by molar-refractivity contribution is -0.197. The summed E-state index contributed by atoms with van der Waals surface area (Å²) in [6.45, 7) is 77.8. The zero-order chi connectivity index (χ0) is 96.2. The minimum absolute atomic E-state index is 0.0938. The van der Waals surface area contributed by atoms with E-state index in [2.05, 4.69) is 260 Å². The van der Waals surface area contributed by atoms with E-state index in [1.807, 2.05) is 20.8 Å². The molecule has 20 aliphatic rings. The van der Waals surface area contributed by atoms with Crippen LogP contribution in [-0.2, 0) is 56.0 Å². The summed E-state index contributed by atoms with van der Waals surface area (Å²) in [6.07, 6.45) is 35.5. The van der Waals surface area contributed by atoms with Crippen molar-refractivity contribution in [3.63, 3.8) is 0 Å². The summed E-state index contributed by atoms with van der Waals surface area (Å²) < 4.78 is 75.0. The highest BCUT2D eigenvalue weighted by atomic mass is 28.4. The molecule has 4 saturated heterocycles. The quantitative estimate of drug-likeness (QED) is 0.191. The van der Waals surface area contributed by atoms with Gasteiger partial charge < -0.3 is 61.4 Å². The van der Waals surface area contributed by atoms with Crippen LogP contribution in [0.2, 0.25) is 54.4 Å². The third-order valence-electron chi connectivity index (χ3n) is 44.6. The Morgan fingerprint density at radius 2 is 0.636 bits per heavy atom. The van der Waals surface area contributed by atoms with Gasteiger partial charge in [-0.15, -0.1) is 17.8 Å². The summed E-state index contributed by atoms with van der Waals surface area (Å²) in [5, 5.41) is 22.9. The molecule has 16 aliphatic carbocycles. The van der Waals surface area contributed by atoms with Gasteiger partial charge in [-0.25, -0.2) is 0 Å². The number of rotatable bonds is 6. The van der Waals surface area contributed by atoms with Crippen molar-refractivity contribution in [2.45, 2.75) is 517 Å². The van der Waals surface area contributed by atoms with Gasteiger partial charge in [0.25, 0.3) is 0 Å². The van der Waals surface area contributed by atoms with Crippen LogP contribution in [0.5, 0.6) is 0 Å². The van der Waals surface area contributed by atoms with Crippen molar-refractivity contribution in [3.05, 3.63) is 23.3 Å². The van der Waals surface area contributed by atoms with Gasteiger partial charge in [-0.05, 0) is 407 Å². The van der Waals surface area contributed by atoms with Gasteiger partial charge in [0.2, 0.25) is 0 Å². The van der Waals surface area contributed by atoms with Crippen LogP contribution in [0.4, 0.5) is 0 Å². The van der Waals surface area contributed by atoms with E-state index >= 15 is 0 Å². The monoisotopic (exact) mass is 1880 g/mol. The zero-order valence-corrected chi connectivity index (χ0v) is 92.5. The lowest BCUT2D eigenvalue weighted by Crippen LogP contribution is -2.64. The van der Waals surface area contributed by atoms with Crippen molar-refractivity contribution in [3.8, 4) is 35.5 Å². The fourth-order valence-electron chi connectivity index (χ4n) is 34.7. The van der Waals surface area contributed by atoms with Crippen molar-refractivity contribution in [2.75, 3.05) is 0 Å². The molecule has 4 aliphatic heterocycles. The van der Waals surface area contributed by atoms with E-state index in [1.54, 1.807) is 0 Å². The summed E-state index contributed by atoms with van der Waals surface area (Å²) >= 11 is 0. The lowest BCUT2D eigenvalue weighted by Gasteiger charge is -2.64. The molecule has 132 heavy (non-hydrogen) atoms. The van der Waals surface area contributed by atoms with Crippen LogP contribution in [-0.4, -0.2) is 143 Å². The van der Waals surface area contributed by atoms with Crippen molar-refractivity contribution < 1.29 is 66.2 Å². The Labute approximate surface area is 805 Å². The molecule has 742 valence electrons. The zero-order valence-electron chi connectivity index (χ0n) is 89.5. The van der Waals surface area contributed by atoms with Crippen molar-refractivity contribution in [1.82, 2.24) is 0 Å². The Kier molecular flexibility index (Phi) is 26.0. The number of ether oxygens (including phenoxy) is 8. The van der Waals surface area contributed by atoms with E-state index in [9.17, 15) is 15.0 Å². The van der Waals surface area contributed by atoms with Crippen LogP contribution in [0, 0.1) is 174 Å². The second-order valence-corrected chi connectivity index (χ2v) is 70.4. The largest absolute Gasteiger partial charge is 0.414 e. The van der Waals surface area contributed by atoms with Gasteiger partial charge in [-0.2, -0.15) is 0 Å². The third-order valence-corrected chi connectivity index (χ3v) is 58.3. The number of ketones is 1. The maximum Gasteiger partial charge on any atom is 0.192 e. The Bertz CT molecular complexity index is 4600. The molecule has 14 nitrogen and oxygen atoms in total. The molecule has 0 aromatic carbocycles. The Morgan fingerprint density at radius 3 is 0.970 bits per heavy atom. The Hall–Kier alpha value is -2.04. The van der Waals surface area contributed by atoms with E-state index < -0.39 is 53.7 Å². The molecular formula is C115H186O14Si3. The van der Waals surface area contributed by atoms with Crippen molar-refractivity contribution >= 4 is 30.7 Å². The molecule has 18 fully saturated rings. The predicted molar refractivity (Wildman–Crippen MR) is 535 cm³/mol. The second-order valence-electron chi connectivity index (χ2n) is 56.1. The van der Waals surface area contributed by atoms with E-state index in [-0.39, 0.29) is 108 Å². The number of hydrogen-bond donors (Lipinski definition) is 2. The highest BCUT2D eigenvalue weighted by Gasteiger charge is 2.76. The number of allylic oxidation sites excluding steroid dienone is 4. The Balaban J connectivity index is 0.000000123. The minimum Gasteiger partial charge on any atom is -0.414 e. The number of aliphatic hydroxyl groups is 2. The number of carbonyl (C=O) groups excluding carboxylic acids is 1. The molecule has 4 heterocycles. The maximum absolute atomic E-state index is 13.0. The van der Waals surface area contributed by atoms with Gasteiger partial charge in [0.15, 0.2) is 48.1 Å². The normalized spacial score (nSPS) is 49.6. The highest BCUT2D eigenvalue weighted by molar-refractivity contribution is 6.75. The smallest absolute Gasteiger partial charge is 0.192 e. The molecule has 14 saturated carbocycles. The first-order valence-corrected chi connectivity index (χ1v) is 62.7. The highest BCUT2D eigenvalue weighted by Crippen LogP contribution is 2.76. The molecule has 17 heteroatoms. The predicted octanol–water partition coefficient (Wildman–Crippen LogP) is 26.1. The fraction of sp³-hybridized carbons (Fsp3) is 0.904. The number of hydrogen-bond acceptors (Lipinski definition) is 14. The van der Waals surface area contributed by atoms with Gasteiger partial charge in [0.05, 0.1) is 54.9 Å². The molecule has 2 N–H and O–H groups in total. The molecule has 16 unspecified atom stereocenters. The van der Waals surface area contributed by atoms with E-state index in [0.29, 0.717) is 124 Å². The summed E-state index contributed by atoms with van der Waals surface area (Å²) in [5.74, 6) is 26.4. The first kappa shape index (κ1) is 101. The van der Waals surface area contributed by atoms with Crippen LogP contribution in [0.1, 0.15) is 361 Å². The maximum atomic E-state index is 13.0. The van der Waals surface area contributed by atoms with Gasteiger partial charge in [0.1, 0.15) is 11.4 Å². The molecular weight excluding hydrogens is 1690 g/mol. The fourth-order valence-corrected chi connectivity index (χ4v) is 38.9. The molecule has 0 radical (unpaired) electrons. The third kappa shape index (κ3) is 16.5. The minimum atomic E-state index is -1.83. The van der Waals surface area contributed by atoms with Crippen LogP contribution >= 0.6 is 0 Å². The molecule has 0 spiro atoms. The van der Waals surface area contributed by atoms with Gasteiger partial charge >= 0.3 is 0 Å². The van der Waals surface area contributed by atoms with Crippen LogP contribution in [0.25, 0.3) is 0 Å². The number of carbonyl (C=O) groups is 1. The topological polar surface area (TPSA) is 159 Å². The number of fused-ring (bicyclic) bond motifs is 32. The van der Waals surface area contributed by atoms with Crippen molar-refractivity contribution in [2.24, 2.45) is 138 Å². The first-order chi connectivity index (χ1) is 60.9. The molecule has 20 rings (SSSR count). The molecule has 0 aromatic heterocycles. The average molecular weight is 1880 g/mol. The molecule has 37 atom stereocenters. The summed E-state index contributed by atoms with van der Waals surface area (Å²) in [5.41, 5.74) is 2.93.